The van der Waals surface area contributed by atoms with E-state index in [-0.39, 0.29) is 5.91 Å². The molecule has 2 aromatic heterocycles. The summed E-state index contributed by atoms with van der Waals surface area (Å²) >= 11 is 1.76. The van der Waals surface area contributed by atoms with Gasteiger partial charge in [-0.25, -0.2) is 9.50 Å². The van der Waals surface area contributed by atoms with Gasteiger partial charge in [0.2, 0.25) is 0 Å². The molecule has 0 atom stereocenters. The van der Waals surface area contributed by atoms with Crippen molar-refractivity contribution in [1.29, 1.82) is 0 Å². The van der Waals surface area contributed by atoms with Gasteiger partial charge in [-0.3, -0.25) is 4.79 Å². The molecule has 3 rings (SSSR count). The van der Waals surface area contributed by atoms with Crippen LogP contribution in [0.4, 0.5) is 5.69 Å². The molecule has 0 bridgehead atoms. The summed E-state index contributed by atoms with van der Waals surface area (Å²) in [5, 5.41) is 7.12. The van der Waals surface area contributed by atoms with Crippen molar-refractivity contribution in [2.75, 3.05) is 11.6 Å². The highest BCUT2D eigenvalue weighted by molar-refractivity contribution is 7.97. The number of carbonyl (C=O) groups excluding carboxylic acids is 1. The fraction of sp³-hybridized carbons (Fsp3) is 0.188. The summed E-state index contributed by atoms with van der Waals surface area (Å²) in [6.45, 7) is 1.83. The van der Waals surface area contributed by atoms with Crippen molar-refractivity contribution in [2.45, 2.75) is 12.7 Å². The van der Waals surface area contributed by atoms with Crippen molar-refractivity contribution in [3.8, 4) is 0 Å². The number of fused-ring (bicyclic) bond motifs is 1. The van der Waals surface area contributed by atoms with E-state index >= 15 is 0 Å². The van der Waals surface area contributed by atoms with Crippen molar-refractivity contribution in [1.82, 2.24) is 14.6 Å². The van der Waals surface area contributed by atoms with Crippen LogP contribution in [0.1, 0.15) is 21.7 Å². The Morgan fingerprint density at radius 2 is 2.00 bits per heavy atom. The molecule has 112 valence electrons. The molecule has 0 spiro atoms. The SMILES string of the molecule is CSCc1ccc(C(=O)Nc2ccc3nc(C)nn3c2)cc1. The number of hydrogen-bond donors (Lipinski definition) is 1. The van der Waals surface area contributed by atoms with Gasteiger partial charge in [0.15, 0.2) is 5.65 Å². The summed E-state index contributed by atoms with van der Waals surface area (Å²) in [5.74, 6) is 1.52. The first-order valence-electron chi connectivity index (χ1n) is 6.88. The van der Waals surface area contributed by atoms with Crippen LogP contribution in [0.2, 0.25) is 0 Å². The van der Waals surface area contributed by atoms with E-state index in [0.717, 1.165) is 11.4 Å². The Morgan fingerprint density at radius 1 is 1.23 bits per heavy atom. The summed E-state index contributed by atoms with van der Waals surface area (Å²) < 4.78 is 1.66. The van der Waals surface area contributed by atoms with E-state index in [1.54, 1.807) is 22.5 Å². The molecule has 1 aromatic carbocycles. The molecule has 0 unspecified atom stereocenters. The van der Waals surface area contributed by atoms with Crippen LogP contribution in [0.25, 0.3) is 5.65 Å². The fourth-order valence-corrected chi connectivity index (χ4v) is 2.72. The zero-order valence-corrected chi connectivity index (χ0v) is 13.2. The Hall–Kier alpha value is -2.34. The minimum Gasteiger partial charge on any atom is -0.321 e. The highest BCUT2D eigenvalue weighted by Crippen LogP contribution is 2.14. The molecular formula is C16H16N4OS. The second kappa shape index (κ2) is 6.19. The normalized spacial score (nSPS) is 10.8. The molecule has 22 heavy (non-hydrogen) atoms. The minimum absolute atomic E-state index is 0.133. The average molecular weight is 312 g/mol. The molecule has 3 aromatic rings. The molecule has 0 aliphatic heterocycles. The number of anilines is 1. The third kappa shape index (κ3) is 3.12. The number of carbonyl (C=O) groups is 1. The van der Waals surface area contributed by atoms with E-state index in [2.05, 4.69) is 21.7 Å². The number of nitrogens with zero attached hydrogens (tertiary/aromatic N) is 3. The van der Waals surface area contributed by atoms with Crippen LogP contribution in [-0.2, 0) is 5.75 Å². The van der Waals surface area contributed by atoms with E-state index in [0.29, 0.717) is 17.1 Å². The number of aryl methyl sites for hydroxylation is 1. The lowest BCUT2D eigenvalue weighted by Crippen LogP contribution is -2.12. The molecule has 5 nitrogen and oxygen atoms in total. The van der Waals surface area contributed by atoms with E-state index in [1.165, 1.54) is 5.56 Å². The molecular weight excluding hydrogens is 296 g/mol. The molecule has 6 heteroatoms. The quantitative estimate of drug-likeness (QED) is 0.804. The molecule has 0 aliphatic carbocycles. The lowest BCUT2D eigenvalue weighted by Gasteiger charge is -2.06. The highest BCUT2D eigenvalue weighted by atomic mass is 32.2. The number of rotatable bonds is 4. The van der Waals surface area contributed by atoms with E-state index in [1.807, 2.05) is 43.3 Å². The fourth-order valence-electron chi connectivity index (χ4n) is 2.19. The van der Waals surface area contributed by atoms with Crippen LogP contribution in [-0.4, -0.2) is 26.8 Å². The Balaban J connectivity index is 1.76. The summed E-state index contributed by atoms with van der Waals surface area (Å²) in [4.78, 5) is 16.5. The van der Waals surface area contributed by atoms with Crippen LogP contribution < -0.4 is 5.32 Å². The second-order valence-corrected chi connectivity index (χ2v) is 5.83. The second-order valence-electron chi connectivity index (χ2n) is 4.96. The zero-order chi connectivity index (χ0) is 15.5. The van der Waals surface area contributed by atoms with Crippen molar-refractivity contribution in [2.24, 2.45) is 0 Å². The highest BCUT2D eigenvalue weighted by Gasteiger charge is 2.07. The van der Waals surface area contributed by atoms with Crippen molar-refractivity contribution in [3.63, 3.8) is 0 Å². The maximum absolute atomic E-state index is 12.3. The van der Waals surface area contributed by atoms with Gasteiger partial charge in [0, 0.05) is 11.3 Å². The first-order valence-corrected chi connectivity index (χ1v) is 8.27. The Morgan fingerprint density at radius 3 is 2.73 bits per heavy atom. The van der Waals surface area contributed by atoms with Crippen LogP contribution in [0.5, 0.6) is 0 Å². The van der Waals surface area contributed by atoms with Gasteiger partial charge in [0.1, 0.15) is 5.82 Å². The third-order valence-electron chi connectivity index (χ3n) is 3.22. The number of hydrogen-bond acceptors (Lipinski definition) is 4. The first-order chi connectivity index (χ1) is 10.7. The Labute approximate surface area is 132 Å². The van der Waals surface area contributed by atoms with Crippen LogP contribution in [0.3, 0.4) is 0 Å². The molecule has 1 N–H and O–H groups in total. The molecule has 0 radical (unpaired) electrons. The Kier molecular flexibility index (Phi) is 4.11. The molecule has 0 fully saturated rings. The van der Waals surface area contributed by atoms with Gasteiger partial charge in [0.05, 0.1) is 11.9 Å². The minimum atomic E-state index is -0.133. The van der Waals surface area contributed by atoms with Crippen molar-refractivity contribution < 1.29 is 4.79 Å². The number of aromatic nitrogens is 3. The summed E-state index contributed by atoms with van der Waals surface area (Å²) in [6, 6.07) is 11.3. The smallest absolute Gasteiger partial charge is 0.255 e. The van der Waals surface area contributed by atoms with Gasteiger partial charge in [0.25, 0.3) is 5.91 Å². The topological polar surface area (TPSA) is 59.3 Å². The third-order valence-corrected chi connectivity index (χ3v) is 3.84. The largest absolute Gasteiger partial charge is 0.321 e. The molecule has 0 aliphatic rings. The maximum Gasteiger partial charge on any atom is 0.255 e. The van der Waals surface area contributed by atoms with E-state index in [9.17, 15) is 4.79 Å². The van der Waals surface area contributed by atoms with Crippen LogP contribution in [0.15, 0.2) is 42.6 Å². The summed E-state index contributed by atoms with van der Waals surface area (Å²) in [7, 11) is 0. The van der Waals surface area contributed by atoms with Crippen LogP contribution >= 0.6 is 11.8 Å². The van der Waals surface area contributed by atoms with Crippen molar-refractivity contribution >= 4 is 29.0 Å². The maximum atomic E-state index is 12.3. The molecule has 1 amide bonds. The molecule has 0 saturated carbocycles. The predicted molar refractivity (Wildman–Crippen MR) is 89.3 cm³/mol. The first kappa shape index (κ1) is 14.6. The van der Waals surface area contributed by atoms with Gasteiger partial charge < -0.3 is 5.32 Å². The standard InChI is InChI=1S/C16H16N4OS/c1-11-17-15-8-7-14(9-20(15)19-11)18-16(21)13-5-3-12(4-6-13)10-22-2/h3-9H,10H2,1-2H3,(H,18,21). The van der Waals surface area contributed by atoms with E-state index < -0.39 is 0 Å². The molecule has 2 heterocycles. The number of nitrogens with one attached hydrogen (secondary N) is 1. The van der Waals surface area contributed by atoms with Crippen molar-refractivity contribution in [3.05, 3.63) is 59.5 Å². The van der Waals surface area contributed by atoms with E-state index in [4.69, 9.17) is 0 Å². The van der Waals surface area contributed by atoms with Gasteiger partial charge in [-0.1, -0.05) is 12.1 Å². The summed E-state index contributed by atoms with van der Waals surface area (Å²) in [5.41, 5.74) is 3.30. The molecule has 0 saturated heterocycles. The summed E-state index contributed by atoms with van der Waals surface area (Å²) in [6.07, 6.45) is 3.82. The number of pyridine rings is 1. The predicted octanol–water partition coefficient (Wildman–Crippen LogP) is 3.15. The lowest BCUT2D eigenvalue weighted by molar-refractivity contribution is 0.102. The van der Waals surface area contributed by atoms with Gasteiger partial charge in [-0.05, 0) is 43.0 Å². The van der Waals surface area contributed by atoms with Crippen LogP contribution in [0, 0.1) is 6.92 Å². The van der Waals surface area contributed by atoms with Gasteiger partial charge in [-0.2, -0.15) is 16.9 Å². The van der Waals surface area contributed by atoms with Gasteiger partial charge >= 0.3 is 0 Å². The number of amides is 1. The Bertz CT molecular complexity index is 811. The zero-order valence-electron chi connectivity index (χ0n) is 12.4. The lowest BCUT2D eigenvalue weighted by atomic mass is 10.1. The monoisotopic (exact) mass is 312 g/mol. The number of thioether (sulfide) groups is 1. The van der Waals surface area contributed by atoms with Gasteiger partial charge in [-0.15, -0.1) is 0 Å². The average Bonchev–Trinajstić information content (AvgIpc) is 2.87. The number of benzene rings is 1.